The van der Waals surface area contributed by atoms with Gasteiger partial charge in [-0.15, -0.1) is 0 Å². The average molecular weight is 266 g/mol. The van der Waals surface area contributed by atoms with Gasteiger partial charge in [-0.05, 0) is 39.5 Å². The fourth-order valence-corrected chi connectivity index (χ4v) is 2.64. The largest absolute Gasteiger partial charge is 0.360 e. The Hall–Kier alpha value is -1.36. The van der Waals surface area contributed by atoms with E-state index in [2.05, 4.69) is 10.5 Å². The summed E-state index contributed by atoms with van der Waals surface area (Å²) in [4.78, 5) is 13.6. The maximum Gasteiger partial charge on any atom is 0.283 e. The lowest BCUT2D eigenvalue weighted by Crippen LogP contribution is -3.16. The molecule has 5 nitrogen and oxygen atoms in total. The number of hydrogen-bond acceptors (Lipinski definition) is 3. The second kappa shape index (κ2) is 6.70. The predicted octanol–water partition coefficient (Wildman–Crippen LogP) is 1.16. The Labute approximate surface area is 114 Å². The molecule has 0 spiro atoms. The summed E-state index contributed by atoms with van der Waals surface area (Å²) in [5, 5.41) is 6.63. The summed E-state index contributed by atoms with van der Waals surface area (Å²) in [5.41, 5.74) is 0. The molecule has 0 bridgehead atoms. The summed E-state index contributed by atoms with van der Waals surface area (Å²) < 4.78 is 4.96. The number of anilines is 1. The van der Waals surface area contributed by atoms with Gasteiger partial charge < -0.3 is 14.7 Å². The van der Waals surface area contributed by atoms with Crippen molar-refractivity contribution >= 4 is 11.7 Å². The molecule has 19 heavy (non-hydrogen) atoms. The fraction of sp³-hybridized carbons (Fsp3) is 0.714. The zero-order chi connectivity index (χ0) is 13.7. The van der Waals surface area contributed by atoms with Crippen molar-refractivity contribution in [1.29, 1.82) is 0 Å². The molecule has 106 valence electrons. The van der Waals surface area contributed by atoms with Gasteiger partial charge in [-0.3, -0.25) is 4.79 Å². The molecule has 2 N–H and O–H groups in total. The smallest absolute Gasteiger partial charge is 0.283 e. The second-order valence-corrected chi connectivity index (χ2v) is 5.46. The van der Waals surface area contributed by atoms with Gasteiger partial charge in [0.1, 0.15) is 5.76 Å². The average Bonchev–Trinajstić information content (AvgIpc) is 2.73. The van der Waals surface area contributed by atoms with Gasteiger partial charge in [0, 0.05) is 6.07 Å². The van der Waals surface area contributed by atoms with Crippen LogP contribution in [0.4, 0.5) is 5.82 Å². The summed E-state index contributed by atoms with van der Waals surface area (Å²) in [7, 11) is 0. The number of amides is 1. The van der Waals surface area contributed by atoms with Gasteiger partial charge >= 0.3 is 0 Å². The topological polar surface area (TPSA) is 59.6 Å². The van der Waals surface area contributed by atoms with Crippen molar-refractivity contribution in [3.8, 4) is 0 Å². The summed E-state index contributed by atoms with van der Waals surface area (Å²) in [6.45, 7) is 5.99. The zero-order valence-corrected chi connectivity index (χ0v) is 11.9. The summed E-state index contributed by atoms with van der Waals surface area (Å²) in [6.07, 6.45) is 6.36. The molecule has 0 aromatic carbocycles. The molecule has 5 heteroatoms. The molecule has 2 heterocycles. The van der Waals surface area contributed by atoms with Crippen LogP contribution in [0.1, 0.15) is 44.8 Å². The van der Waals surface area contributed by atoms with Crippen LogP contribution >= 0.6 is 0 Å². The third kappa shape index (κ3) is 4.06. The molecule has 1 atom stereocenters. The number of nitrogens with one attached hydrogen (secondary N) is 2. The first kappa shape index (κ1) is 14.1. The van der Waals surface area contributed by atoms with Crippen molar-refractivity contribution < 1.29 is 14.2 Å². The van der Waals surface area contributed by atoms with Crippen molar-refractivity contribution in [2.24, 2.45) is 0 Å². The van der Waals surface area contributed by atoms with E-state index in [0.717, 1.165) is 13.1 Å². The Morgan fingerprint density at radius 1 is 1.32 bits per heavy atom. The van der Waals surface area contributed by atoms with Crippen LogP contribution in [-0.4, -0.2) is 30.2 Å². The van der Waals surface area contributed by atoms with E-state index < -0.39 is 0 Å². The Morgan fingerprint density at radius 2 is 1.95 bits per heavy atom. The standard InChI is InChI=1S/C14H23N3O2/c1-11-10-13(16-19-11)15-14(18)12(2)17-8-6-4-3-5-7-9-17/h10,12H,3-9H2,1-2H3,(H,15,16,18)/p+1/t12-/m0/s1. The van der Waals surface area contributed by atoms with E-state index in [9.17, 15) is 4.79 Å². The number of likely N-dealkylation sites (tertiary alicyclic amines) is 1. The van der Waals surface area contributed by atoms with Crippen LogP contribution in [0.25, 0.3) is 0 Å². The first-order chi connectivity index (χ1) is 9.16. The van der Waals surface area contributed by atoms with Gasteiger partial charge in [-0.2, -0.15) is 0 Å². The van der Waals surface area contributed by atoms with Crippen molar-refractivity contribution in [3.05, 3.63) is 11.8 Å². The van der Waals surface area contributed by atoms with E-state index in [4.69, 9.17) is 4.52 Å². The predicted molar refractivity (Wildman–Crippen MR) is 73.1 cm³/mol. The first-order valence-electron chi connectivity index (χ1n) is 7.25. The highest BCUT2D eigenvalue weighted by atomic mass is 16.5. The van der Waals surface area contributed by atoms with Crippen LogP contribution in [0, 0.1) is 6.92 Å². The molecule has 0 radical (unpaired) electrons. The number of carbonyl (C=O) groups excluding carboxylic acids is 1. The molecule has 1 aliphatic heterocycles. The molecule has 1 saturated heterocycles. The van der Waals surface area contributed by atoms with Gasteiger partial charge in [0.05, 0.1) is 13.1 Å². The SMILES string of the molecule is Cc1cc(NC(=O)[C@H](C)[NH+]2CCCCCCC2)no1. The lowest BCUT2D eigenvalue weighted by atomic mass is 10.1. The number of aromatic nitrogens is 1. The van der Waals surface area contributed by atoms with E-state index in [1.807, 2.05) is 13.8 Å². The summed E-state index contributed by atoms with van der Waals surface area (Å²) >= 11 is 0. The van der Waals surface area contributed by atoms with Gasteiger partial charge in [0.25, 0.3) is 5.91 Å². The van der Waals surface area contributed by atoms with Crippen LogP contribution in [0.2, 0.25) is 0 Å². The number of nitrogens with zero attached hydrogens (tertiary/aromatic N) is 1. The van der Waals surface area contributed by atoms with Crippen LogP contribution in [0.3, 0.4) is 0 Å². The van der Waals surface area contributed by atoms with E-state index in [1.54, 1.807) is 6.07 Å². The van der Waals surface area contributed by atoms with Crippen LogP contribution in [0.15, 0.2) is 10.6 Å². The minimum atomic E-state index is -0.0323. The molecule has 1 fully saturated rings. The van der Waals surface area contributed by atoms with Gasteiger partial charge in [0.15, 0.2) is 11.9 Å². The quantitative estimate of drug-likeness (QED) is 0.863. The lowest BCUT2D eigenvalue weighted by Gasteiger charge is -2.26. The third-order valence-corrected chi connectivity index (χ3v) is 3.88. The molecule has 0 aliphatic carbocycles. The molecule has 2 rings (SSSR count). The number of quaternary nitrogens is 1. The van der Waals surface area contributed by atoms with E-state index in [0.29, 0.717) is 11.6 Å². The van der Waals surface area contributed by atoms with Crippen LogP contribution in [0.5, 0.6) is 0 Å². The van der Waals surface area contributed by atoms with E-state index >= 15 is 0 Å². The number of hydrogen-bond donors (Lipinski definition) is 2. The summed E-state index contributed by atoms with van der Waals surface area (Å²) in [6, 6.07) is 1.71. The lowest BCUT2D eigenvalue weighted by molar-refractivity contribution is -0.914. The number of carbonyl (C=O) groups is 1. The molecular formula is C14H24N3O2+. The van der Waals surface area contributed by atoms with Crippen LogP contribution in [-0.2, 0) is 4.79 Å². The molecular weight excluding hydrogens is 242 g/mol. The second-order valence-electron chi connectivity index (χ2n) is 5.46. The molecule has 1 amide bonds. The third-order valence-electron chi connectivity index (χ3n) is 3.88. The Kier molecular flexibility index (Phi) is 4.96. The van der Waals surface area contributed by atoms with Crippen molar-refractivity contribution in [2.45, 2.75) is 52.0 Å². The van der Waals surface area contributed by atoms with Crippen molar-refractivity contribution in [3.63, 3.8) is 0 Å². The molecule has 1 aromatic heterocycles. The molecule has 0 saturated carbocycles. The van der Waals surface area contributed by atoms with Gasteiger partial charge in [-0.25, -0.2) is 0 Å². The maximum atomic E-state index is 12.2. The molecule has 0 unspecified atom stereocenters. The zero-order valence-electron chi connectivity index (χ0n) is 11.9. The Balaban J connectivity index is 1.89. The normalized spacial score (nSPS) is 19.5. The van der Waals surface area contributed by atoms with Gasteiger partial charge in [-0.1, -0.05) is 11.6 Å². The van der Waals surface area contributed by atoms with Gasteiger partial charge in [0.2, 0.25) is 0 Å². The van der Waals surface area contributed by atoms with Crippen molar-refractivity contribution in [2.75, 3.05) is 18.4 Å². The maximum absolute atomic E-state index is 12.2. The minimum absolute atomic E-state index is 0.0314. The van der Waals surface area contributed by atoms with Crippen LogP contribution < -0.4 is 10.2 Å². The number of rotatable bonds is 3. The summed E-state index contributed by atoms with van der Waals surface area (Å²) in [5.74, 6) is 1.26. The fourth-order valence-electron chi connectivity index (χ4n) is 2.64. The van der Waals surface area contributed by atoms with E-state index in [-0.39, 0.29) is 11.9 Å². The highest BCUT2D eigenvalue weighted by Gasteiger charge is 2.25. The Morgan fingerprint density at radius 3 is 2.53 bits per heavy atom. The molecule has 1 aromatic rings. The number of aryl methyl sites for hydroxylation is 1. The Bertz CT molecular complexity index is 409. The van der Waals surface area contributed by atoms with E-state index in [1.165, 1.54) is 37.0 Å². The highest BCUT2D eigenvalue weighted by molar-refractivity contribution is 5.92. The van der Waals surface area contributed by atoms with Crippen molar-refractivity contribution in [1.82, 2.24) is 5.16 Å². The molecule has 1 aliphatic rings. The monoisotopic (exact) mass is 266 g/mol. The highest BCUT2D eigenvalue weighted by Crippen LogP contribution is 2.07. The minimum Gasteiger partial charge on any atom is -0.360 e. The first-order valence-corrected chi connectivity index (χ1v) is 7.25.